The summed E-state index contributed by atoms with van der Waals surface area (Å²) in [4.78, 5) is 33.3. The molecule has 0 aliphatic carbocycles. The number of carboxylic acid groups (broad SMARTS) is 1. The van der Waals surface area contributed by atoms with Crippen molar-refractivity contribution < 1.29 is 24.2 Å². The number of carboxylic acids is 1. The van der Waals surface area contributed by atoms with Crippen LogP contribution in [-0.4, -0.2) is 75.2 Å². The van der Waals surface area contributed by atoms with Crippen molar-refractivity contribution in [2.24, 2.45) is 7.05 Å². The maximum absolute atomic E-state index is 13.6. The third-order valence-corrected chi connectivity index (χ3v) is 13.1. The lowest BCUT2D eigenvalue weighted by Gasteiger charge is -2.28. The quantitative estimate of drug-likeness (QED) is 0.0669. The van der Waals surface area contributed by atoms with Gasteiger partial charge in [0.05, 0.1) is 52.0 Å². The fourth-order valence-electron chi connectivity index (χ4n) is 9.25. The molecule has 0 spiro atoms. The van der Waals surface area contributed by atoms with Crippen LogP contribution in [0.5, 0.6) is 5.75 Å². The SMILES string of the molecule is COCCOc1cc(N(C)C[C@@H](C)n2c(C=O)c(CCCCc3cc(C)c(Cl)c(C)c3)c3ccc(Cl)c(-c4c(C)nn(C)c4C)c32)c2c(c1)cc(C(=O)O)n2Cc1cccc(C)n1. The van der Waals surface area contributed by atoms with Crippen LogP contribution in [0.1, 0.15) is 91.8 Å². The summed E-state index contributed by atoms with van der Waals surface area (Å²) in [6, 6.07) is 19.3. The van der Waals surface area contributed by atoms with Gasteiger partial charge < -0.3 is 28.6 Å². The van der Waals surface area contributed by atoms with Crippen LogP contribution in [0.2, 0.25) is 10.0 Å². The first-order valence-corrected chi connectivity index (χ1v) is 22.1. The highest BCUT2D eigenvalue weighted by Gasteiger charge is 2.29. The first-order chi connectivity index (χ1) is 30.1. The van der Waals surface area contributed by atoms with Gasteiger partial charge in [-0.25, -0.2) is 4.79 Å². The molecular formula is C50H56Cl2N6O5. The molecule has 1 atom stereocenters. The van der Waals surface area contributed by atoms with Crippen LogP contribution in [0.15, 0.2) is 60.7 Å². The number of pyridine rings is 1. The summed E-state index contributed by atoms with van der Waals surface area (Å²) in [5.41, 5.74) is 12.7. The largest absolute Gasteiger partial charge is 0.491 e. The number of rotatable bonds is 18. The summed E-state index contributed by atoms with van der Waals surface area (Å²) >= 11 is 13.7. The molecule has 0 unspecified atom stereocenters. The Morgan fingerprint density at radius 1 is 0.937 bits per heavy atom. The van der Waals surface area contributed by atoms with Crippen molar-refractivity contribution in [2.45, 2.75) is 79.8 Å². The van der Waals surface area contributed by atoms with E-state index >= 15 is 0 Å². The number of carbonyl (C=O) groups excluding carboxylic acids is 1. The maximum atomic E-state index is 13.6. The van der Waals surface area contributed by atoms with Gasteiger partial charge in [0.25, 0.3) is 0 Å². The zero-order valence-electron chi connectivity index (χ0n) is 37.6. The summed E-state index contributed by atoms with van der Waals surface area (Å²) < 4.78 is 17.3. The molecule has 7 aromatic rings. The number of aromatic carboxylic acids is 1. The van der Waals surface area contributed by atoms with E-state index in [1.807, 2.05) is 100 Å². The molecule has 0 amide bonds. The van der Waals surface area contributed by atoms with Gasteiger partial charge in [0, 0.05) is 78.2 Å². The number of benzene rings is 3. The first kappa shape index (κ1) is 45.4. The van der Waals surface area contributed by atoms with Crippen molar-refractivity contribution in [1.29, 1.82) is 0 Å². The van der Waals surface area contributed by atoms with Gasteiger partial charge in [0.2, 0.25) is 0 Å². The lowest BCUT2D eigenvalue weighted by Crippen LogP contribution is -2.27. The van der Waals surface area contributed by atoms with Gasteiger partial charge in [-0.2, -0.15) is 5.10 Å². The Bertz CT molecular complexity index is 2830. The number of halogens is 2. The van der Waals surface area contributed by atoms with Crippen LogP contribution in [0.4, 0.5) is 5.69 Å². The van der Waals surface area contributed by atoms with Crippen LogP contribution in [0, 0.1) is 34.6 Å². The van der Waals surface area contributed by atoms with E-state index in [1.165, 1.54) is 5.56 Å². The summed E-state index contributed by atoms with van der Waals surface area (Å²) in [6.07, 6.45) is 4.37. The monoisotopic (exact) mass is 890 g/mol. The van der Waals surface area contributed by atoms with Crippen molar-refractivity contribution >= 4 is 63.0 Å². The standard InChI is InChI=1S/C50H56Cl2N6O5/c1-29-21-35(22-30(2)47(29)52)14-10-11-16-39-40-17-18-41(51)46(45-33(5)54-56(8)34(45)6)49(40)58(44(39)28-59)32(4)26-55(7)42-25-38(63-20-19-62-9)23-36-24-43(50(60)61)57(48(36)42)27-37-15-12-13-31(3)53-37/h12-13,15,17-18,21-25,28,32H,10-11,14,16,19-20,26-27H2,1-9H3,(H,60,61)/t32-/m1/s1. The molecular weight excluding hydrogens is 835 g/mol. The summed E-state index contributed by atoms with van der Waals surface area (Å²) in [6.45, 7) is 13.5. The first-order valence-electron chi connectivity index (χ1n) is 21.4. The minimum atomic E-state index is -1.05. The second-order valence-electron chi connectivity index (χ2n) is 16.7. The number of hydrogen-bond donors (Lipinski definition) is 1. The van der Waals surface area contributed by atoms with Gasteiger partial charge >= 0.3 is 5.97 Å². The van der Waals surface area contributed by atoms with Crippen LogP contribution in [0.25, 0.3) is 32.9 Å². The number of anilines is 1. The molecule has 0 fully saturated rings. The van der Waals surface area contributed by atoms with Crippen LogP contribution in [-0.2, 0) is 31.2 Å². The molecule has 0 aliphatic heterocycles. The normalized spacial score (nSPS) is 12.1. The second-order valence-corrected chi connectivity index (χ2v) is 17.5. The maximum Gasteiger partial charge on any atom is 0.352 e. The van der Waals surface area contributed by atoms with Crippen molar-refractivity contribution in [3.05, 3.63) is 127 Å². The zero-order chi connectivity index (χ0) is 45.3. The topological polar surface area (TPSA) is 117 Å². The molecule has 4 aromatic heterocycles. The Morgan fingerprint density at radius 3 is 2.32 bits per heavy atom. The highest BCUT2D eigenvalue weighted by molar-refractivity contribution is 6.35. The fourth-order valence-corrected chi connectivity index (χ4v) is 9.60. The van der Waals surface area contributed by atoms with Gasteiger partial charge in [-0.3, -0.25) is 14.5 Å². The second kappa shape index (κ2) is 19.0. The molecule has 0 saturated heterocycles. The summed E-state index contributed by atoms with van der Waals surface area (Å²) in [5.74, 6) is -0.465. The van der Waals surface area contributed by atoms with Crippen molar-refractivity contribution in [2.75, 3.05) is 38.8 Å². The molecule has 7 rings (SSSR count). The van der Waals surface area contributed by atoms with Gasteiger partial charge in [-0.1, -0.05) is 47.5 Å². The average molecular weight is 892 g/mol. The molecule has 1 N–H and O–H groups in total. The smallest absolute Gasteiger partial charge is 0.352 e. The van der Waals surface area contributed by atoms with Gasteiger partial charge in [-0.05, 0) is 120 Å². The molecule has 63 heavy (non-hydrogen) atoms. The number of hydrogen-bond acceptors (Lipinski definition) is 7. The van der Waals surface area contributed by atoms with E-state index in [0.717, 1.165) is 103 Å². The average Bonchev–Trinajstić information content (AvgIpc) is 3.85. The number of fused-ring (bicyclic) bond motifs is 2. The fraction of sp³-hybridized carbons (Fsp3) is 0.360. The molecule has 0 saturated carbocycles. The van der Waals surface area contributed by atoms with Gasteiger partial charge in [0.1, 0.15) is 18.1 Å². The molecule has 4 heterocycles. The van der Waals surface area contributed by atoms with E-state index in [4.69, 9.17) is 42.8 Å². The van der Waals surface area contributed by atoms with Crippen molar-refractivity contribution in [3.63, 3.8) is 0 Å². The van der Waals surface area contributed by atoms with Crippen LogP contribution in [0.3, 0.4) is 0 Å². The minimum absolute atomic E-state index is 0.136. The molecule has 11 nitrogen and oxygen atoms in total. The van der Waals surface area contributed by atoms with Crippen LogP contribution < -0.4 is 9.64 Å². The molecule has 0 radical (unpaired) electrons. The number of likely N-dealkylation sites (N-methyl/N-ethyl adjacent to an activating group) is 1. The number of methoxy groups -OCH3 is 1. The molecule has 0 aliphatic rings. The Morgan fingerprint density at radius 2 is 1.67 bits per heavy atom. The number of aromatic nitrogens is 5. The minimum Gasteiger partial charge on any atom is -0.491 e. The molecule has 0 bridgehead atoms. The number of carbonyl (C=O) groups is 2. The molecule has 330 valence electrons. The predicted molar refractivity (Wildman–Crippen MR) is 254 cm³/mol. The number of nitrogens with zero attached hydrogens (tertiary/aromatic N) is 6. The summed E-state index contributed by atoms with van der Waals surface area (Å²) in [7, 11) is 5.54. The van der Waals surface area contributed by atoms with Crippen LogP contribution >= 0.6 is 23.2 Å². The van der Waals surface area contributed by atoms with E-state index in [2.05, 4.69) is 28.5 Å². The number of aryl methyl sites for hydroxylation is 7. The molecule has 3 aromatic carbocycles. The lowest BCUT2D eigenvalue weighted by molar-refractivity contribution is 0.0686. The Kier molecular flexibility index (Phi) is 13.7. The Hall–Kier alpha value is -5.62. The van der Waals surface area contributed by atoms with E-state index in [0.29, 0.717) is 48.0 Å². The van der Waals surface area contributed by atoms with Gasteiger partial charge in [-0.15, -0.1) is 0 Å². The van der Waals surface area contributed by atoms with E-state index < -0.39 is 5.97 Å². The van der Waals surface area contributed by atoms with Gasteiger partial charge in [0.15, 0.2) is 6.29 Å². The van der Waals surface area contributed by atoms with E-state index in [-0.39, 0.29) is 18.3 Å². The van der Waals surface area contributed by atoms with Crippen molar-refractivity contribution in [1.82, 2.24) is 23.9 Å². The van der Waals surface area contributed by atoms with E-state index in [9.17, 15) is 14.7 Å². The number of unbranched alkanes of at least 4 members (excludes halogenated alkanes) is 1. The number of ether oxygens (including phenoxy) is 2. The lowest BCUT2D eigenvalue weighted by atomic mass is 9.97. The van der Waals surface area contributed by atoms with Crippen molar-refractivity contribution in [3.8, 4) is 16.9 Å². The zero-order valence-corrected chi connectivity index (χ0v) is 39.1. The highest BCUT2D eigenvalue weighted by atomic mass is 35.5. The predicted octanol–water partition coefficient (Wildman–Crippen LogP) is 11.1. The number of aldehydes is 1. The third-order valence-electron chi connectivity index (χ3n) is 12.1. The third kappa shape index (κ3) is 9.10. The molecule has 13 heteroatoms. The Labute approximate surface area is 379 Å². The Balaban J connectivity index is 1.35. The summed E-state index contributed by atoms with van der Waals surface area (Å²) in [5, 5.41) is 18.4. The van der Waals surface area contributed by atoms with E-state index in [1.54, 1.807) is 13.2 Å². The highest BCUT2D eigenvalue weighted by Crippen LogP contribution is 2.44.